The van der Waals surface area contributed by atoms with Crippen molar-refractivity contribution in [3.05, 3.63) is 52.6 Å². The maximum atomic E-state index is 12.2. The summed E-state index contributed by atoms with van der Waals surface area (Å²) in [4.78, 5) is 15.9. The molecular formula is C16H16N2O6S. The zero-order valence-electron chi connectivity index (χ0n) is 13.4. The van der Waals surface area contributed by atoms with E-state index < -0.39 is 22.0 Å². The molecule has 2 saturated heterocycles. The van der Waals surface area contributed by atoms with E-state index in [9.17, 15) is 13.2 Å². The smallest absolute Gasteiger partial charge is 0.353 e. The first-order valence-electron chi connectivity index (χ1n) is 7.80. The third kappa shape index (κ3) is 3.06. The lowest BCUT2D eigenvalue weighted by atomic mass is 10.1. The third-order valence-corrected chi connectivity index (χ3v) is 5.51. The molecular weight excluding hydrogens is 348 g/mol. The predicted octanol–water partition coefficient (Wildman–Crippen LogP) is 1.01. The molecule has 2 aliphatic rings. The second kappa shape index (κ2) is 5.94. The fraction of sp³-hybridized carbons (Fsp3) is 0.375. The molecule has 0 bridgehead atoms. The van der Waals surface area contributed by atoms with Crippen molar-refractivity contribution < 1.29 is 22.1 Å². The molecule has 132 valence electrons. The Morgan fingerprint density at radius 2 is 1.96 bits per heavy atom. The molecule has 0 unspecified atom stereocenters. The molecule has 9 heteroatoms. The lowest BCUT2D eigenvalue weighted by Crippen LogP contribution is -2.40. The average molecular weight is 364 g/mol. The van der Waals surface area contributed by atoms with Crippen LogP contribution >= 0.6 is 0 Å². The number of aryl methyl sites for hydroxylation is 1. The summed E-state index contributed by atoms with van der Waals surface area (Å²) in [5.41, 5.74) is 0.289. The van der Waals surface area contributed by atoms with Gasteiger partial charge in [0.2, 0.25) is 5.88 Å². The van der Waals surface area contributed by atoms with Crippen molar-refractivity contribution in [1.29, 1.82) is 0 Å². The highest BCUT2D eigenvalue weighted by Crippen LogP contribution is 2.35. The zero-order chi connectivity index (χ0) is 17.6. The number of benzene rings is 1. The summed E-state index contributed by atoms with van der Waals surface area (Å²) in [6.07, 6.45) is 1.54. The standard InChI is InChI=1S/C16H16N2O6S/c1-10-2-4-11(5-3-10)25(20,21)24-14-6-7-18(16(19)17-14)15-8-12-13(23-15)9-22-12/h2-7,12-13,15H,8-9H2,1H3/t12-,13-,15-/m1/s1. The Morgan fingerprint density at radius 1 is 1.20 bits per heavy atom. The summed E-state index contributed by atoms with van der Waals surface area (Å²) >= 11 is 0. The number of ether oxygens (including phenoxy) is 2. The summed E-state index contributed by atoms with van der Waals surface area (Å²) in [5, 5.41) is 0. The van der Waals surface area contributed by atoms with Crippen LogP contribution in [0.4, 0.5) is 0 Å². The normalized spacial score (nSPS) is 25.2. The molecule has 25 heavy (non-hydrogen) atoms. The molecule has 0 saturated carbocycles. The number of hydrogen-bond acceptors (Lipinski definition) is 7. The molecule has 2 aliphatic heterocycles. The number of hydrogen-bond donors (Lipinski definition) is 0. The average Bonchev–Trinajstić information content (AvgIpc) is 2.83. The van der Waals surface area contributed by atoms with Gasteiger partial charge in [-0.15, -0.1) is 0 Å². The van der Waals surface area contributed by atoms with Crippen LogP contribution < -0.4 is 9.87 Å². The van der Waals surface area contributed by atoms with E-state index in [0.29, 0.717) is 13.0 Å². The minimum absolute atomic E-state index is 0.00284. The van der Waals surface area contributed by atoms with E-state index in [0.717, 1.165) is 5.56 Å². The molecule has 0 spiro atoms. The maximum absolute atomic E-state index is 12.2. The van der Waals surface area contributed by atoms with E-state index in [1.165, 1.54) is 29.0 Å². The molecule has 0 N–H and O–H groups in total. The number of nitrogens with zero attached hydrogens (tertiary/aromatic N) is 2. The van der Waals surface area contributed by atoms with Crippen LogP contribution in [0.25, 0.3) is 0 Å². The quantitative estimate of drug-likeness (QED) is 0.747. The largest absolute Gasteiger partial charge is 0.372 e. The Hall–Kier alpha value is -2.23. The zero-order valence-corrected chi connectivity index (χ0v) is 14.2. The van der Waals surface area contributed by atoms with E-state index in [2.05, 4.69) is 4.98 Å². The first-order chi connectivity index (χ1) is 11.9. The van der Waals surface area contributed by atoms with Crippen molar-refractivity contribution in [3.63, 3.8) is 0 Å². The topological polar surface area (TPSA) is 96.7 Å². The van der Waals surface area contributed by atoms with Crippen LogP contribution in [0.15, 0.2) is 46.2 Å². The summed E-state index contributed by atoms with van der Waals surface area (Å²) < 4.78 is 41.8. The Morgan fingerprint density at radius 3 is 2.52 bits per heavy atom. The Balaban J connectivity index is 1.54. The SMILES string of the molecule is Cc1ccc(S(=O)(=O)Oc2ccn([C@H]3C[C@H]4OC[C@H]4O3)c(=O)n2)cc1. The van der Waals surface area contributed by atoms with E-state index in [1.54, 1.807) is 12.1 Å². The van der Waals surface area contributed by atoms with Crippen LogP contribution in [0.3, 0.4) is 0 Å². The van der Waals surface area contributed by atoms with Gasteiger partial charge in [0.15, 0.2) is 0 Å². The highest BCUT2D eigenvalue weighted by molar-refractivity contribution is 7.87. The summed E-state index contributed by atoms with van der Waals surface area (Å²) in [6.45, 7) is 2.38. The van der Waals surface area contributed by atoms with Gasteiger partial charge in [0, 0.05) is 18.7 Å². The van der Waals surface area contributed by atoms with Crippen LogP contribution in [-0.2, 0) is 19.6 Å². The van der Waals surface area contributed by atoms with Gasteiger partial charge < -0.3 is 13.7 Å². The Kier molecular flexibility index (Phi) is 3.86. The van der Waals surface area contributed by atoms with Gasteiger partial charge in [-0.1, -0.05) is 17.7 Å². The fourth-order valence-electron chi connectivity index (χ4n) is 2.82. The maximum Gasteiger partial charge on any atom is 0.353 e. The second-order valence-corrected chi connectivity index (χ2v) is 7.59. The first-order valence-corrected chi connectivity index (χ1v) is 9.21. The van der Waals surface area contributed by atoms with E-state index >= 15 is 0 Å². The molecule has 3 atom stereocenters. The van der Waals surface area contributed by atoms with Crippen molar-refractivity contribution in [3.8, 4) is 5.88 Å². The predicted molar refractivity (Wildman–Crippen MR) is 85.8 cm³/mol. The molecule has 4 rings (SSSR count). The molecule has 0 aliphatic carbocycles. The minimum atomic E-state index is -4.05. The number of rotatable bonds is 4. The van der Waals surface area contributed by atoms with Crippen LogP contribution in [0.2, 0.25) is 0 Å². The number of fused-ring (bicyclic) bond motifs is 1. The van der Waals surface area contributed by atoms with Crippen molar-refractivity contribution in [2.24, 2.45) is 0 Å². The molecule has 8 nitrogen and oxygen atoms in total. The molecule has 0 amide bonds. The molecule has 1 aromatic heterocycles. The monoisotopic (exact) mass is 364 g/mol. The fourth-order valence-corrected chi connectivity index (χ4v) is 3.70. The van der Waals surface area contributed by atoms with Gasteiger partial charge >= 0.3 is 15.8 Å². The van der Waals surface area contributed by atoms with Crippen LogP contribution in [0, 0.1) is 6.92 Å². The van der Waals surface area contributed by atoms with Crippen molar-refractivity contribution in [2.75, 3.05) is 6.61 Å². The van der Waals surface area contributed by atoms with Gasteiger partial charge in [-0.05, 0) is 19.1 Å². The van der Waals surface area contributed by atoms with E-state index in [-0.39, 0.29) is 23.0 Å². The van der Waals surface area contributed by atoms with Gasteiger partial charge in [-0.2, -0.15) is 13.4 Å². The van der Waals surface area contributed by atoms with Crippen molar-refractivity contribution in [1.82, 2.24) is 9.55 Å². The molecule has 0 radical (unpaired) electrons. The summed E-state index contributed by atoms with van der Waals surface area (Å²) in [6, 6.07) is 7.53. The van der Waals surface area contributed by atoms with Gasteiger partial charge in [0.1, 0.15) is 17.2 Å². The van der Waals surface area contributed by atoms with E-state index in [4.69, 9.17) is 13.7 Å². The highest BCUT2D eigenvalue weighted by atomic mass is 32.2. The third-order valence-electron chi connectivity index (χ3n) is 4.27. The lowest BCUT2D eigenvalue weighted by molar-refractivity contribution is -0.149. The molecule has 2 fully saturated rings. The Labute approximate surface area is 144 Å². The highest BCUT2D eigenvalue weighted by Gasteiger charge is 2.44. The van der Waals surface area contributed by atoms with Crippen LogP contribution in [0.5, 0.6) is 5.88 Å². The van der Waals surface area contributed by atoms with Gasteiger partial charge in [0.25, 0.3) is 0 Å². The van der Waals surface area contributed by atoms with Gasteiger partial charge in [0.05, 0.1) is 12.7 Å². The molecule has 2 aromatic rings. The lowest BCUT2D eigenvalue weighted by Gasteiger charge is -2.28. The minimum Gasteiger partial charge on any atom is -0.372 e. The number of aromatic nitrogens is 2. The summed E-state index contributed by atoms with van der Waals surface area (Å²) in [7, 11) is -4.05. The van der Waals surface area contributed by atoms with Crippen molar-refractivity contribution in [2.45, 2.75) is 36.7 Å². The van der Waals surface area contributed by atoms with Crippen molar-refractivity contribution >= 4 is 10.1 Å². The van der Waals surface area contributed by atoms with Crippen LogP contribution in [-0.4, -0.2) is 36.8 Å². The summed E-state index contributed by atoms with van der Waals surface area (Å²) in [5.74, 6) is -0.279. The molecule has 3 heterocycles. The second-order valence-electron chi connectivity index (χ2n) is 6.04. The Bertz CT molecular complexity index is 941. The van der Waals surface area contributed by atoms with Crippen LogP contribution in [0.1, 0.15) is 18.2 Å². The van der Waals surface area contributed by atoms with E-state index in [1.807, 2.05) is 6.92 Å². The first kappa shape index (κ1) is 16.2. The van der Waals surface area contributed by atoms with Gasteiger partial charge in [-0.25, -0.2) is 4.79 Å². The molecule has 1 aromatic carbocycles. The van der Waals surface area contributed by atoms with Gasteiger partial charge in [-0.3, -0.25) is 4.57 Å².